The van der Waals surface area contributed by atoms with Crippen LogP contribution in [0.15, 0.2) is 9.98 Å². The van der Waals surface area contributed by atoms with Crippen LogP contribution in [0.25, 0.3) is 0 Å². The molecule has 0 spiro atoms. The molecule has 0 saturated carbocycles. The molecule has 0 aromatic rings. The summed E-state index contributed by atoms with van der Waals surface area (Å²) in [6.07, 6.45) is 3.04. The molecule has 0 rings (SSSR count). The van der Waals surface area contributed by atoms with Crippen LogP contribution in [0.3, 0.4) is 0 Å². The van der Waals surface area contributed by atoms with Gasteiger partial charge in [0, 0.05) is 27.8 Å². The molecule has 0 N–H and O–H groups in total. The Morgan fingerprint density at radius 3 is 2.71 bits per heavy atom. The summed E-state index contributed by atoms with van der Waals surface area (Å²) >= 11 is 0. The van der Waals surface area contributed by atoms with E-state index in [1.165, 1.54) is 6.34 Å². The van der Waals surface area contributed by atoms with Gasteiger partial charge in [0.15, 0.2) is 0 Å². The fourth-order valence-corrected chi connectivity index (χ4v) is 0.630. The lowest BCUT2D eigenvalue weighted by Gasteiger charge is -2.10. The van der Waals surface area contributed by atoms with Crippen molar-refractivity contribution in [2.45, 2.75) is 13.2 Å². The van der Waals surface area contributed by atoms with Crippen molar-refractivity contribution in [3.05, 3.63) is 0 Å². The highest BCUT2D eigenvalue weighted by atomic mass is 16.5. The molecule has 5 nitrogen and oxygen atoms in total. The molecule has 0 radical (unpaired) electrons. The van der Waals surface area contributed by atoms with Gasteiger partial charge in [-0.3, -0.25) is 0 Å². The highest BCUT2D eigenvalue weighted by Crippen LogP contribution is 1.86. The van der Waals surface area contributed by atoms with Crippen LogP contribution < -0.4 is 0 Å². The van der Waals surface area contributed by atoms with Crippen molar-refractivity contribution in [3.63, 3.8) is 0 Å². The first-order valence-electron chi connectivity index (χ1n) is 4.47. The van der Waals surface area contributed by atoms with Gasteiger partial charge in [-0.1, -0.05) is 0 Å². The molecule has 1 unspecified atom stereocenters. The predicted octanol–water partition coefficient (Wildman–Crippen LogP) is 0.614. The van der Waals surface area contributed by atoms with Crippen molar-refractivity contribution < 1.29 is 9.47 Å². The van der Waals surface area contributed by atoms with Crippen molar-refractivity contribution >= 4 is 12.7 Å². The van der Waals surface area contributed by atoms with E-state index in [9.17, 15) is 0 Å². The van der Waals surface area contributed by atoms with Gasteiger partial charge >= 0.3 is 0 Å². The molecule has 0 aliphatic heterocycles. The predicted molar refractivity (Wildman–Crippen MR) is 58.0 cm³/mol. The topological polar surface area (TPSA) is 46.4 Å². The summed E-state index contributed by atoms with van der Waals surface area (Å²) in [5.74, 6) is 0. The summed E-state index contributed by atoms with van der Waals surface area (Å²) in [5.41, 5.74) is 0. The number of aliphatic imine (C=N–C) groups is 2. The van der Waals surface area contributed by atoms with Crippen LogP contribution in [0.5, 0.6) is 0 Å². The normalized spacial score (nSPS) is 14.0. The maximum absolute atomic E-state index is 4.92. The first kappa shape index (κ1) is 13.1. The lowest BCUT2D eigenvalue weighted by atomic mass is 10.6. The summed E-state index contributed by atoms with van der Waals surface area (Å²) < 4.78 is 9.83. The Bertz CT molecular complexity index is 183. The highest BCUT2D eigenvalue weighted by molar-refractivity contribution is 5.70. The summed E-state index contributed by atoms with van der Waals surface area (Å²) in [6, 6.07) is 0. The first-order valence-corrected chi connectivity index (χ1v) is 4.47. The quantitative estimate of drug-likeness (QED) is 0.448. The molecule has 0 aliphatic rings. The third kappa shape index (κ3) is 7.70. The lowest BCUT2D eigenvalue weighted by molar-refractivity contribution is 0.126. The molecule has 14 heavy (non-hydrogen) atoms. The highest BCUT2D eigenvalue weighted by Gasteiger charge is 1.90. The minimum absolute atomic E-state index is 0.142. The van der Waals surface area contributed by atoms with Crippen LogP contribution in [0, 0.1) is 0 Å². The van der Waals surface area contributed by atoms with E-state index in [4.69, 9.17) is 9.47 Å². The molecule has 0 amide bonds. The Balaban J connectivity index is 3.64. The van der Waals surface area contributed by atoms with Crippen LogP contribution in [-0.4, -0.2) is 58.2 Å². The minimum atomic E-state index is -0.142. The maximum Gasteiger partial charge on any atom is 0.146 e. The summed E-state index contributed by atoms with van der Waals surface area (Å²) in [6.45, 7) is 3.35. The summed E-state index contributed by atoms with van der Waals surface area (Å²) in [4.78, 5) is 9.90. The minimum Gasteiger partial charge on any atom is -0.383 e. The Kier molecular flexibility index (Phi) is 8.07. The molecule has 0 aromatic carbocycles. The Labute approximate surface area is 85.4 Å². The Morgan fingerprint density at radius 1 is 1.43 bits per heavy atom. The smallest absolute Gasteiger partial charge is 0.146 e. The number of hydrogen-bond acceptors (Lipinski definition) is 3. The Hall–Kier alpha value is -0.940. The second kappa shape index (κ2) is 8.65. The third-order valence-electron chi connectivity index (χ3n) is 1.60. The van der Waals surface area contributed by atoms with Crippen LogP contribution in [0.1, 0.15) is 6.92 Å². The van der Waals surface area contributed by atoms with Gasteiger partial charge in [-0.15, -0.1) is 0 Å². The standard InChI is InChI=1S/C9H19N3O2/c1-9(14-4)11-7-10-8-12(2)5-6-13-3/h7-9H,5-6H2,1-4H3. The first-order chi connectivity index (χ1) is 6.70. The lowest BCUT2D eigenvalue weighted by Crippen LogP contribution is -2.20. The Morgan fingerprint density at radius 2 is 2.14 bits per heavy atom. The van der Waals surface area contributed by atoms with Crippen LogP contribution >= 0.6 is 0 Å². The van der Waals surface area contributed by atoms with E-state index in [0.29, 0.717) is 6.61 Å². The molecule has 0 heterocycles. The second-order valence-corrected chi connectivity index (χ2v) is 2.84. The van der Waals surface area contributed by atoms with E-state index in [1.54, 1.807) is 20.6 Å². The average Bonchev–Trinajstić information content (AvgIpc) is 2.21. The van der Waals surface area contributed by atoms with Crippen LogP contribution in [0.4, 0.5) is 0 Å². The third-order valence-corrected chi connectivity index (χ3v) is 1.60. The van der Waals surface area contributed by atoms with Crippen molar-refractivity contribution in [2.24, 2.45) is 9.98 Å². The number of methoxy groups -OCH3 is 2. The van der Waals surface area contributed by atoms with Gasteiger partial charge in [-0.25, -0.2) is 9.98 Å². The molecule has 0 bridgehead atoms. The monoisotopic (exact) mass is 201 g/mol. The molecule has 0 aliphatic carbocycles. The molecule has 0 aromatic heterocycles. The number of rotatable bonds is 7. The zero-order chi connectivity index (χ0) is 10.8. The van der Waals surface area contributed by atoms with Crippen molar-refractivity contribution in [1.82, 2.24) is 4.90 Å². The molecule has 82 valence electrons. The van der Waals surface area contributed by atoms with Gasteiger partial charge in [0.25, 0.3) is 0 Å². The van der Waals surface area contributed by atoms with E-state index >= 15 is 0 Å². The van der Waals surface area contributed by atoms with E-state index in [2.05, 4.69) is 9.98 Å². The van der Waals surface area contributed by atoms with Gasteiger partial charge in [0.2, 0.25) is 0 Å². The number of likely N-dealkylation sites (N-methyl/N-ethyl adjacent to an activating group) is 1. The maximum atomic E-state index is 4.92. The van der Waals surface area contributed by atoms with Crippen molar-refractivity contribution in [1.29, 1.82) is 0 Å². The van der Waals surface area contributed by atoms with Crippen LogP contribution in [-0.2, 0) is 9.47 Å². The molecular formula is C9H19N3O2. The molecule has 0 saturated heterocycles. The van der Waals surface area contributed by atoms with Crippen molar-refractivity contribution in [2.75, 3.05) is 34.4 Å². The molecular weight excluding hydrogens is 182 g/mol. The van der Waals surface area contributed by atoms with Gasteiger partial charge in [0.1, 0.15) is 12.6 Å². The average molecular weight is 201 g/mol. The fourth-order valence-electron chi connectivity index (χ4n) is 0.630. The van der Waals surface area contributed by atoms with Gasteiger partial charge < -0.3 is 14.4 Å². The molecule has 1 atom stereocenters. The second-order valence-electron chi connectivity index (χ2n) is 2.84. The molecule has 0 fully saturated rings. The zero-order valence-electron chi connectivity index (χ0n) is 9.30. The number of ether oxygens (including phenoxy) is 2. The largest absolute Gasteiger partial charge is 0.383 e. The van der Waals surface area contributed by atoms with Gasteiger partial charge in [-0.05, 0) is 6.92 Å². The van der Waals surface area contributed by atoms with E-state index in [0.717, 1.165) is 6.54 Å². The van der Waals surface area contributed by atoms with E-state index in [1.807, 2.05) is 18.9 Å². The van der Waals surface area contributed by atoms with Gasteiger partial charge in [-0.2, -0.15) is 0 Å². The number of hydrogen-bond donors (Lipinski definition) is 0. The molecule has 5 heteroatoms. The fraction of sp³-hybridized carbons (Fsp3) is 0.778. The number of nitrogens with zero attached hydrogens (tertiary/aromatic N) is 3. The van der Waals surface area contributed by atoms with Crippen molar-refractivity contribution in [3.8, 4) is 0 Å². The SMILES string of the molecule is COCCN(C)C=NC=NC(C)OC. The van der Waals surface area contributed by atoms with Crippen LogP contribution in [0.2, 0.25) is 0 Å². The summed E-state index contributed by atoms with van der Waals surface area (Å²) in [7, 11) is 5.21. The summed E-state index contributed by atoms with van der Waals surface area (Å²) in [5, 5.41) is 0. The zero-order valence-corrected chi connectivity index (χ0v) is 9.30. The van der Waals surface area contributed by atoms with E-state index < -0.39 is 0 Å². The van der Waals surface area contributed by atoms with Gasteiger partial charge in [0.05, 0.1) is 12.9 Å². The van der Waals surface area contributed by atoms with E-state index in [-0.39, 0.29) is 6.23 Å².